The summed E-state index contributed by atoms with van der Waals surface area (Å²) in [5.74, 6) is -1.87. The van der Waals surface area contributed by atoms with Gasteiger partial charge in [-0.15, -0.1) is 0 Å². The van der Waals surface area contributed by atoms with Gasteiger partial charge in [0.1, 0.15) is 5.75 Å². The highest BCUT2D eigenvalue weighted by Gasteiger charge is 2.31. The highest BCUT2D eigenvalue weighted by molar-refractivity contribution is 6.30. The third-order valence-corrected chi connectivity index (χ3v) is 2.87. The van der Waals surface area contributed by atoms with Crippen molar-refractivity contribution < 1.29 is 37.7 Å². The zero-order chi connectivity index (χ0) is 18.5. The molecule has 0 bridgehead atoms. The molecule has 1 atom stereocenters. The molecule has 0 fully saturated rings. The van der Waals surface area contributed by atoms with E-state index in [0.717, 1.165) is 13.0 Å². The predicted molar refractivity (Wildman–Crippen MR) is 78.3 cm³/mol. The minimum atomic E-state index is -4.58. The topological polar surface area (TPSA) is 108 Å². The minimum absolute atomic E-state index is 0.0898. The molecule has 7 nitrogen and oxygen atoms in total. The van der Waals surface area contributed by atoms with Crippen molar-refractivity contribution in [3.8, 4) is 5.75 Å². The average molecular weight is 371 g/mol. The number of urea groups is 1. The fourth-order valence-corrected chi connectivity index (χ4v) is 1.54. The van der Waals surface area contributed by atoms with Crippen LogP contribution in [0.25, 0.3) is 0 Å². The van der Waals surface area contributed by atoms with Crippen LogP contribution in [0.4, 0.5) is 23.7 Å². The third kappa shape index (κ3) is 6.50. The summed E-state index contributed by atoms with van der Waals surface area (Å²) in [6.45, 7) is -1.24. The van der Waals surface area contributed by atoms with Crippen LogP contribution >= 0.6 is 11.6 Å². The summed E-state index contributed by atoms with van der Waals surface area (Å²) in [5.41, 5.74) is -2.32. The van der Waals surface area contributed by atoms with Crippen LogP contribution in [-0.4, -0.2) is 47.1 Å². The molecular weight excluding hydrogens is 357 g/mol. The molecule has 0 aromatic heterocycles. The van der Waals surface area contributed by atoms with Gasteiger partial charge in [0.05, 0.1) is 12.2 Å². The number of carboxylic acid groups (broad SMARTS) is 1. The molecule has 1 rings (SSSR count). The van der Waals surface area contributed by atoms with Crippen molar-refractivity contribution in [2.45, 2.75) is 18.7 Å². The van der Waals surface area contributed by atoms with Gasteiger partial charge in [0.2, 0.25) is 0 Å². The number of ether oxygens (including phenoxy) is 1. The first kappa shape index (κ1) is 19.8. The largest absolute Gasteiger partial charge is 0.482 e. The Labute approximate surface area is 139 Å². The molecule has 4 N–H and O–H groups in total. The lowest BCUT2D eigenvalue weighted by molar-refractivity contribution is -0.155. The molecule has 0 aliphatic rings. The lowest BCUT2D eigenvalue weighted by Crippen LogP contribution is -2.47. The molecule has 0 spiro atoms. The highest BCUT2D eigenvalue weighted by Crippen LogP contribution is 2.29. The maximum atomic E-state index is 12.2. The standard InChI is InChI=1S/C13H14ClF3N2O5/c1-12(23,10(20)21)5-18-11(22)19-8-3-2-7(14)4-9(8)24-6-13(15,16)17/h2-4,23H,5-6H2,1H3,(H,20,21)(H2,18,19,22). The summed E-state index contributed by atoms with van der Waals surface area (Å²) in [6, 6.07) is 2.65. The van der Waals surface area contributed by atoms with Gasteiger partial charge < -0.3 is 25.6 Å². The normalized spacial score (nSPS) is 13.8. The summed E-state index contributed by atoms with van der Waals surface area (Å²) < 4.78 is 41.2. The maximum absolute atomic E-state index is 12.2. The number of alkyl halides is 3. The van der Waals surface area contributed by atoms with Gasteiger partial charge >= 0.3 is 18.2 Å². The molecule has 2 amide bonds. The van der Waals surface area contributed by atoms with E-state index >= 15 is 0 Å². The molecule has 0 heterocycles. The van der Waals surface area contributed by atoms with Gasteiger partial charge in [0.15, 0.2) is 12.2 Å². The number of hydrogen-bond acceptors (Lipinski definition) is 4. The Kier molecular flexibility index (Phi) is 6.27. The van der Waals surface area contributed by atoms with Crippen LogP contribution in [0.5, 0.6) is 5.75 Å². The summed E-state index contributed by atoms with van der Waals surface area (Å²) in [6.07, 6.45) is -4.58. The van der Waals surface area contributed by atoms with Gasteiger partial charge in [-0.3, -0.25) is 0 Å². The molecule has 1 aromatic carbocycles. The average Bonchev–Trinajstić information content (AvgIpc) is 2.44. The quantitative estimate of drug-likeness (QED) is 0.614. The van der Waals surface area contributed by atoms with E-state index in [2.05, 4.69) is 15.4 Å². The predicted octanol–water partition coefficient (Wildman–Crippen LogP) is 2.24. The SMILES string of the molecule is CC(O)(CNC(=O)Nc1ccc(Cl)cc1OCC(F)(F)F)C(=O)O. The second-order valence-corrected chi connectivity index (χ2v) is 5.37. The van der Waals surface area contributed by atoms with E-state index in [0.29, 0.717) is 0 Å². The smallest absolute Gasteiger partial charge is 0.422 e. The number of nitrogens with one attached hydrogen (secondary N) is 2. The lowest BCUT2D eigenvalue weighted by atomic mass is 10.1. The van der Waals surface area contributed by atoms with Crippen molar-refractivity contribution in [2.24, 2.45) is 0 Å². The van der Waals surface area contributed by atoms with E-state index in [1.807, 2.05) is 0 Å². The number of aliphatic carboxylic acids is 1. The summed E-state index contributed by atoms with van der Waals surface area (Å²) in [4.78, 5) is 22.4. The van der Waals surface area contributed by atoms with Crippen LogP contribution in [0.15, 0.2) is 18.2 Å². The van der Waals surface area contributed by atoms with Crippen molar-refractivity contribution in [3.63, 3.8) is 0 Å². The molecule has 0 saturated carbocycles. The van der Waals surface area contributed by atoms with Crippen molar-refractivity contribution >= 4 is 29.3 Å². The number of rotatable bonds is 6. The number of carbonyl (C=O) groups is 2. The minimum Gasteiger partial charge on any atom is -0.482 e. The third-order valence-electron chi connectivity index (χ3n) is 2.64. The second kappa shape index (κ2) is 7.58. The first-order valence-corrected chi connectivity index (χ1v) is 6.78. The van der Waals surface area contributed by atoms with E-state index in [1.54, 1.807) is 0 Å². The Morgan fingerprint density at radius 1 is 1.33 bits per heavy atom. The van der Waals surface area contributed by atoms with Gasteiger partial charge in [0.25, 0.3) is 0 Å². The zero-order valence-electron chi connectivity index (χ0n) is 12.3. The fraction of sp³-hybridized carbons (Fsp3) is 0.385. The Bertz CT molecular complexity index is 622. The highest BCUT2D eigenvalue weighted by atomic mass is 35.5. The molecule has 134 valence electrons. The van der Waals surface area contributed by atoms with Gasteiger partial charge in [0, 0.05) is 11.1 Å². The van der Waals surface area contributed by atoms with Crippen LogP contribution in [-0.2, 0) is 4.79 Å². The number of hydrogen-bond donors (Lipinski definition) is 4. The molecule has 0 aliphatic heterocycles. The molecule has 0 saturated heterocycles. The number of benzene rings is 1. The molecule has 0 radical (unpaired) electrons. The number of amides is 2. The zero-order valence-corrected chi connectivity index (χ0v) is 13.0. The molecule has 1 unspecified atom stereocenters. The Morgan fingerprint density at radius 2 is 1.96 bits per heavy atom. The van der Waals surface area contributed by atoms with Crippen molar-refractivity contribution in [3.05, 3.63) is 23.2 Å². The number of carbonyl (C=O) groups excluding carboxylic acids is 1. The van der Waals surface area contributed by atoms with Gasteiger partial charge in [-0.2, -0.15) is 13.2 Å². The van der Waals surface area contributed by atoms with Crippen molar-refractivity contribution in [1.29, 1.82) is 0 Å². The van der Waals surface area contributed by atoms with E-state index in [9.17, 15) is 27.9 Å². The molecule has 11 heteroatoms. The lowest BCUT2D eigenvalue weighted by Gasteiger charge is -2.19. The van der Waals surface area contributed by atoms with Gasteiger partial charge in [-0.25, -0.2) is 9.59 Å². The van der Waals surface area contributed by atoms with Crippen LogP contribution in [0.1, 0.15) is 6.92 Å². The van der Waals surface area contributed by atoms with Crippen LogP contribution in [0, 0.1) is 0 Å². The molecular formula is C13H14ClF3N2O5. The van der Waals surface area contributed by atoms with Gasteiger partial charge in [-0.1, -0.05) is 11.6 Å². The molecule has 0 aliphatic carbocycles. The van der Waals surface area contributed by atoms with Gasteiger partial charge in [-0.05, 0) is 19.1 Å². The van der Waals surface area contributed by atoms with Crippen molar-refractivity contribution in [2.75, 3.05) is 18.5 Å². The summed E-state index contributed by atoms with van der Waals surface area (Å²) >= 11 is 5.67. The first-order valence-electron chi connectivity index (χ1n) is 6.40. The van der Waals surface area contributed by atoms with Crippen molar-refractivity contribution in [1.82, 2.24) is 5.32 Å². The Balaban J connectivity index is 2.76. The molecule has 1 aromatic rings. The van der Waals surface area contributed by atoms with E-state index in [1.165, 1.54) is 12.1 Å². The second-order valence-electron chi connectivity index (χ2n) is 4.93. The molecule has 24 heavy (non-hydrogen) atoms. The number of anilines is 1. The Hall–Kier alpha value is -2.20. The fourth-order valence-electron chi connectivity index (χ4n) is 1.37. The number of aliphatic hydroxyl groups is 1. The van der Waals surface area contributed by atoms with Crippen LogP contribution in [0.2, 0.25) is 5.02 Å². The first-order chi connectivity index (χ1) is 10.9. The van der Waals surface area contributed by atoms with E-state index in [4.69, 9.17) is 16.7 Å². The van der Waals surface area contributed by atoms with E-state index in [-0.39, 0.29) is 16.5 Å². The number of halogens is 4. The van der Waals surface area contributed by atoms with E-state index < -0.39 is 36.9 Å². The summed E-state index contributed by atoms with van der Waals surface area (Å²) in [5, 5.41) is 22.5. The van der Waals surface area contributed by atoms with Crippen LogP contribution in [0.3, 0.4) is 0 Å². The Morgan fingerprint density at radius 3 is 2.50 bits per heavy atom. The number of carboxylic acids is 1. The monoisotopic (exact) mass is 370 g/mol. The van der Waals surface area contributed by atoms with Crippen LogP contribution < -0.4 is 15.4 Å². The maximum Gasteiger partial charge on any atom is 0.422 e. The summed E-state index contributed by atoms with van der Waals surface area (Å²) in [7, 11) is 0.